The highest BCUT2D eigenvalue weighted by atomic mass is 16.7. The molecule has 2 rings (SSSR count). The molecule has 0 aromatic carbocycles. The number of hydrogen-bond acceptors (Lipinski definition) is 13. The molecule has 14 heteroatoms. The lowest BCUT2D eigenvalue weighted by Gasteiger charge is -2.46. The Kier molecular flexibility index (Phi) is 35.6. The number of rotatable bonds is 37. The minimum absolute atomic E-state index is 0.256. The first-order valence-corrected chi connectivity index (χ1v) is 25.4. The zero-order valence-corrected chi connectivity index (χ0v) is 41.0. The first-order valence-electron chi connectivity index (χ1n) is 25.4. The average Bonchev–Trinajstić information content (AvgIpc) is 3.34. The largest absolute Gasteiger partial charge is 0.394 e. The Morgan fingerprint density at radius 2 is 1.04 bits per heavy atom. The van der Waals surface area contributed by atoms with Crippen molar-refractivity contribution in [3.05, 3.63) is 97.2 Å². The first-order chi connectivity index (χ1) is 33.1. The standard InChI is InChI=1S/C54H89NO13/c1-3-5-7-9-11-13-14-15-16-17-18-19-20-21-22-23-24-25-26-27-28-30-32-34-36-38-46(59)55-42(43(58)37-35-33-31-29-12-10-8-6-4-2)41-65-53-51(64)49(62)52(45(40-57)67-53)68-54-50(63)48(61)47(60)44(39-56)66-54/h4-7,11-13,15-16,18-19,21-22,29,35,37,42-45,47-54,56-58,60-64H,3,8-10,14,17,20,23-28,30-34,36,38-41H2,1-2H3,(H,55,59)/b6-4+,7-5-,13-11-,16-15-,19-18-,22-21-,29-12+,37-35+. The van der Waals surface area contributed by atoms with Gasteiger partial charge in [0.1, 0.15) is 48.8 Å². The molecule has 0 aliphatic carbocycles. The SMILES string of the molecule is C/C=C/CC/C=C/CC/C=C/C(O)C(COC1OC(CO)C(OC2OC(CO)C(O)C(O)C2O)C(O)C1O)NC(=O)CCCCCCCCCCC/C=C\C/C=C\C/C=C\C/C=C\C/C=C\CC. The van der Waals surface area contributed by atoms with Crippen molar-refractivity contribution in [3.8, 4) is 0 Å². The summed E-state index contributed by atoms with van der Waals surface area (Å²) in [5.41, 5.74) is 0. The van der Waals surface area contributed by atoms with Crippen molar-refractivity contribution in [1.82, 2.24) is 5.32 Å². The van der Waals surface area contributed by atoms with E-state index in [9.17, 15) is 45.6 Å². The van der Waals surface area contributed by atoms with Crippen LogP contribution in [-0.2, 0) is 23.7 Å². The molecule has 1 amide bonds. The van der Waals surface area contributed by atoms with Crippen molar-refractivity contribution in [3.63, 3.8) is 0 Å². The predicted molar refractivity (Wildman–Crippen MR) is 267 cm³/mol. The number of aliphatic hydroxyl groups excluding tert-OH is 8. The molecule has 388 valence electrons. The van der Waals surface area contributed by atoms with Gasteiger partial charge in [-0.1, -0.05) is 149 Å². The molecule has 2 heterocycles. The van der Waals surface area contributed by atoms with E-state index in [1.165, 1.54) is 32.1 Å². The Labute approximate surface area is 407 Å². The number of carbonyl (C=O) groups is 1. The number of aliphatic hydroxyl groups is 8. The number of nitrogens with one attached hydrogen (secondary N) is 1. The maximum atomic E-state index is 13.1. The molecule has 0 bridgehead atoms. The summed E-state index contributed by atoms with van der Waals surface area (Å²) in [4.78, 5) is 13.1. The second kappa shape index (κ2) is 39.6. The van der Waals surface area contributed by atoms with Gasteiger partial charge in [-0.15, -0.1) is 0 Å². The number of unbranched alkanes of at least 4 members (excludes halogenated alkanes) is 11. The van der Waals surface area contributed by atoms with E-state index in [0.29, 0.717) is 12.8 Å². The van der Waals surface area contributed by atoms with Gasteiger partial charge in [-0.2, -0.15) is 0 Å². The molecule has 0 saturated carbocycles. The summed E-state index contributed by atoms with van der Waals surface area (Å²) in [5, 5.41) is 86.5. The van der Waals surface area contributed by atoms with Crippen LogP contribution in [0.1, 0.15) is 142 Å². The van der Waals surface area contributed by atoms with Gasteiger partial charge in [-0.05, 0) is 84.0 Å². The molecule has 0 aromatic heterocycles. The maximum absolute atomic E-state index is 13.1. The van der Waals surface area contributed by atoms with Crippen LogP contribution in [-0.4, -0.2) is 140 Å². The van der Waals surface area contributed by atoms with Crippen LogP contribution in [0.4, 0.5) is 0 Å². The van der Waals surface area contributed by atoms with Crippen molar-refractivity contribution in [2.75, 3.05) is 19.8 Å². The van der Waals surface area contributed by atoms with E-state index in [4.69, 9.17) is 18.9 Å². The van der Waals surface area contributed by atoms with Crippen molar-refractivity contribution in [2.24, 2.45) is 0 Å². The lowest BCUT2D eigenvalue weighted by Crippen LogP contribution is -2.65. The van der Waals surface area contributed by atoms with Gasteiger partial charge in [0.15, 0.2) is 12.6 Å². The van der Waals surface area contributed by atoms with E-state index in [1.54, 1.807) is 6.08 Å². The molecule has 2 aliphatic heterocycles. The Morgan fingerprint density at radius 3 is 1.62 bits per heavy atom. The van der Waals surface area contributed by atoms with E-state index in [2.05, 4.69) is 91.2 Å². The summed E-state index contributed by atoms with van der Waals surface area (Å²) in [6, 6.07) is -0.945. The summed E-state index contributed by atoms with van der Waals surface area (Å²) in [6.45, 7) is 2.37. The molecule has 12 atom stereocenters. The van der Waals surface area contributed by atoms with Gasteiger partial charge in [0.25, 0.3) is 0 Å². The highest BCUT2D eigenvalue weighted by Crippen LogP contribution is 2.30. The van der Waals surface area contributed by atoms with Gasteiger partial charge in [0, 0.05) is 6.42 Å². The van der Waals surface area contributed by atoms with Crippen LogP contribution in [0.2, 0.25) is 0 Å². The second-order valence-corrected chi connectivity index (χ2v) is 17.6. The fourth-order valence-corrected chi connectivity index (χ4v) is 7.71. The van der Waals surface area contributed by atoms with Crippen LogP contribution in [0.3, 0.4) is 0 Å². The smallest absolute Gasteiger partial charge is 0.220 e. The van der Waals surface area contributed by atoms with Gasteiger partial charge in [-0.25, -0.2) is 0 Å². The molecule has 68 heavy (non-hydrogen) atoms. The zero-order valence-electron chi connectivity index (χ0n) is 41.0. The Bertz CT molecular complexity index is 1510. The predicted octanol–water partition coefficient (Wildman–Crippen LogP) is 6.76. The van der Waals surface area contributed by atoms with Crippen LogP contribution < -0.4 is 5.32 Å². The fourth-order valence-electron chi connectivity index (χ4n) is 7.71. The summed E-state index contributed by atoms with van der Waals surface area (Å²) >= 11 is 0. The lowest BCUT2D eigenvalue weighted by molar-refractivity contribution is -0.359. The molecule has 12 unspecified atom stereocenters. The molecule has 2 aliphatic rings. The fraction of sp³-hybridized carbons (Fsp3) is 0.685. The maximum Gasteiger partial charge on any atom is 0.220 e. The van der Waals surface area contributed by atoms with Crippen LogP contribution >= 0.6 is 0 Å². The van der Waals surface area contributed by atoms with Crippen LogP contribution in [0, 0.1) is 0 Å². The third kappa shape index (κ3) is 26.2. The molecule has 14 nitrogen and oxygen atoms in total. The molecular weight excluding hydrogens is 871 g/mol. The van der Waals surface area contributed by atoms with Crippen molar-refractivity contribution in [2.45, 2.75) is 216 Å². The average molecular weight is 960 g/mol. The monoisotopic (exact) mass is 960 g/mol. The van der Waals surface area contributed by atoms with Gasteiger partial charge in [-0.3, -0.25) is 4.79 Å². The molecule has 0 radical (unpaired) electrons. The van der Waals surface area contributed by atoms with Gasteiger partial charge >= 0.3 is 0 Å². The van der Waals surface area contributed by atoms with E-state index < -0.39 is 86.8 Å². The summed E-state index contributed by atoms with van der Waals surface area (Å²) in [5.74, 6) is -0.269. The van der Waals surface area contributed by atoms with E-state index in [0.717, 1.165) is 77.0 Å². The minimum atomic E-state index is -1.80. The normalized spacial score (nSPS) is 27.2. The number of ether oxygens (including phenoxy) is 4. The Morgan fingerprint density at radius 1 is 0.559 bits per heavy atom. The van der Waals surface area contributed by atoms with Gasteiger partial charge in [0.05, 0.1) is 32.0 Å². The van der Waals surface area contributed by atoms with Crippen LogP contribution in [0.25, 0.3) is 0 Å². The molecule has 2 saturated heterocycles. The van der Waals surface area contributed by atoms with Crippen molar-refractivity contribution in [1.29, 1.82) is 0 Å². The number of carbonyl (C=O) groups excluding carboxylic acids is 1. The second-order valence-electron chi connectivity index (χ2n) is 17.6. The highest BCUT2D eigenvalue weighted by Gasteiger charge is 2.51. The first kappa shape index (κ1) is 61.0. The minimum Gasteiger partial charge on any atom is -0.394 e. The van der Waals surface area contributed by atoms with Crippen molar-refractivity contribution >= 4 is 5.91 Å². The Balaban J connectivity index is 1.75. The quantitative estimate of drug-likeness (QED) is 0.0232. The van der Waals surface area contributed by atoms with E-state index in [-0.39, 0.29) is 18.9 Å². The van der Waals surface area contributed by atoms with Crippen LogP contribution in [0.5, 0.6) is 0 Å². The number of allylic oxidation sites excluding steroid dienone is 15. The molecule has 9 N–H and O–H groups in total. The third-order valence-corrected chi connectivity index (χ3v) is 11.8. The van der Waals surface area contributed by atoms with Gasteiger partial charge < -0.3 is 65.1 Å². The van der Waals surface area contributed by atoms with Crippen molar-refractivity contribution < 1.29 is 64.6 Å². The summed E-state index contributed by atoms with van der Waals surface area (Å²) in [6.07, 6.45) is 36.3. The van der Waals surface area contributed by atoms with Crippen LogP contribution in [0.15, 0.2) is 97.2 Å². The number of hydrogen-bond donors (Lipinski definition) is 9. The molecule has 2 fully saturated rings. The third-order valence-electron chi connectivity index (χ3n) is 11.8. The Hall–Kier alpha value is -3.09. The lowest BCUT2D eigenvalue weighted by atomic mass is 9.97. The summed E-state index contributed by atoms with van der Waals surface area (Å²) in [7, 11) is 0. The highest BCUT2D eigenvalue weighted by molar-refractivity contribution is 5.76. The summed E-state index contributed by atoms with van der Waals surface area (Å²) < 4.78 is 22.6. The van der Waals surface area contributed by atoms with E-state index >= 15 is 0 Å². The number of amides is 1. The van der Waals surface area contributed by atoms with E-state index in [1.807, 2.05) is 19.1 Å². The molecule has 0 aromatic rings. The van der Waals surface area contributed by atoms with Gasteiger partial charge in [0.2, 0.25) is 5.91 Å². The topological polar surface area (TPSA) is 228 Å². The zero-order chi connectivity index (χ0) is 49.6. The molecular formula is C54H89NO13. The molecule has 0 spiro atoms.